The minimum atomic E-state index is 0.0379. The number of fused-ring (bicyclic) bond motifs is 2. The molecule has 0 saturated carbocycles. The van der Waals surface area contributed by atoms with E-state index in [1.807, 2.05) is 38.4 Å². The summed E-state index contributed by atoms with van der Waals surface area (Å²) in [5.74, 6) is 0. The fourth-order valence-corrected chi connectivity index (χ4v) is 3.95. The predicted octanol–water partition coefficient (Wildman–Crippen LogP) is 5.64. The maximum Gasteiger partial charge on any atom is 0.192 e. The van der Waals surface area contributed by atoms with Crippen LogP contribution in [0.3, 0.4) is 0 Å². The number of rotatable bonds is 3. The van der Waals surface area contributed by atoms with Crippen LogP contribution in [0.15, 0.2) is 72.8 Å². The van der Waals surface area contributed by atoms with Gasteiger partial charge in [0.1, 0.15) is 0 Å². The van der Waals surface area contributed by atoms with E-state index in [1.165, 1.54) is 10.8 Å². The van der Waals surface area contributed by atoms with Crippen LogP contribution < -0.4 is 10.2 Å². The average molecular weight is 343 g/mol. The Balaban J connectivity index is 2.24. The number of hydrogen-bond acceptors (Lipinski definition) is 2. The van der Waals surface area contributed by atoms with Crippen molar-refractivity contribution in [3.05, 3.63) is 72.8 Å². The first kappa shape index (κ1) is 15.8. The summed E-state index contributed by atoms with van der Waals surface area (Å²) in [6.45, 7) is 0. The third-order valence-electron chi connectivity index (χ3n) is 4.64. The molecule has 0 aromatic heterocycles. The summed E-state index contributed by atoms with van der Waals surface area (Å²) in [6.07, 6.45) is 0. The van der Waals surface area contributed by atoms with Gasteiger partial charge in [0.25, 0.3) is 0 Å². The standard InChI is InChI=1S/C22H18NOP/c1-23(2)19-13-11-15-7-3-5-9-17(15)21(19)22-18-10-6-4-8-16(18)12-14-20(22)25-24/h3-14H,1-2H3. The molecular formula is C22H18NOP. The summed E-state index contributed by atoms with van der Waals surface area (Å²) < 4.78 is 11.9. The highest BCUT2D eigenvalue weighted by atomic mass is 31.1. The van der Waals surface area contributed by atoms with Crippen molar-refractivity contribution in [2.75, 3.05) is 19.0 Å². The lowest BCUT2D eigenvalue weighted by molar-refractivity contribution is 0.603. The Bertz CT molecular complexity index is 1100. The Labute approximate surface area is 148 Å². The Hall–Kier alpha value is -2.70. The molecule has 0 spiro atoms. The first-order chi connectivity index (χ1) is 12.2. The Morgan fingerprint density at radius 2 is 1.24 bits per heavy atom. The van der Waals surface area contributed by atoms with Crippen LogP contribution in [0.5, 0.6) is 0 Å². The van der Waals surface area contributed by atoms with E-state index in [1.54, 1.807) is 0 Å². The summed E-state index contributed by atoms with van der Waals surface area (Å²) in [4.78, 5) is 2.12. The summed E-state index contributed by atoms with van der Waals surface area (Å²) >= 11 is 0. The van der Waals surface area contributed by atoms with E-state index in [2.05, 4.69) is 53.4 Å². The van der Waals surface area contributed by atoms with Crippen LogP contribution in [0.4, 0.5) is 5.69 Å². The van der Waals surface area contributed by atoms with Crippen LogP contribution in [0.2, 0.25) is 0 Å². The highest BCUT2D eigenvalue weighted by Crippen LogP contribution is 2.40. The zero-order chi connectivity index (χ0) is 17.4. The molecule has 0 radical (unpaired) electrons. The van der Waals surface area contributed by atoms with Crippen molar-refractivity contribution in [1.82, 2.24) is 0 Å². The number of nitrogens with zero attached hydrogens (tertiary/aromatic N) is 1. The van der Waals surface area contributed by atoms with Gasteiger partial charge in [0.2, 0.25) is 0 Å². The molecule has 0 saturated heterocycles. The molecule has 0 atom stereocenters. The van der Waals surface area contributed by atoms with Gasteiger partial charge >= 0.3 is 0 Å². The smallest absolute Gasteiger partial charge is 0.192 e. The van der Waals surface area contributed by atoms with Gasteiger partial charge in [-0.1, -0.05) is 60.7 Å². The quantitative estimate of drug-likeness (QED) is 0.449. The van der Waals surface area contributed by atoms with Crippen molar-refractivity contribution in [3.63, 3.8) is 0 Å². The number of benzene rings is 4. The molecule has 0 unspecified atom stereocenters. The van der Waals surface area contributed by atoms with Gasteiger partial charge < -0.3 is 4.90 Å². The predicted molar refractivity (Wildman–Crippen MR) is 108 cm³/mol. The van der Waals surface area contributed by atoms with Gasteiger partial charge in [-0.25, -0.2) is 0 Å². The minimum absolute atomic E-state index is 0.0379. The molecule has 4 rings (SSSR count). The monoisotopic (exact) mass is 343 g/mol. The van der Waals surface area contributed by atoms with E-state index in [-0.39, 0.29) is 8.46 Å². The molecule has 2 nitrogen and oxygen atoms in total. The topological polar surface area (TPSA) is 20.3 Å². The van der Waals surface area contributed by atoms with Gasteiger partial charge in [0.15, 0.2) is 8.46 Å². The largest absolute Gasteiger partial charge is 0.377 e. The summed E-state index contributed by atoms with van der Waals surface area (Å²) in [5, 5.41) is 5.46. The molecule has 0 aliphatic rings. The molecule has 0 aliphatic heterocycles. The lowest BCUT2D eigenvalue weighted by atomic mass is 9.92. The molecular weight excluding hydrogens is 325 g/mol. The summed E-state index contributed by atoms with van der Waals surface area (Å²) in [6, 6.07) is 25.0. The second-order valence-electron chi connectivity index (χ2n) is 6.35. The third kappa shape index (κ3) is 2.59. The number of hydrogen-bond donors (Lipinski definition) is 0. The van der Waals surface area contributed by atoms with Gasteiger partial charge in [-0.15, -0.1) is 0 Å². The lowest BCUT2D eigenvalue weighted by Gasteiger charge is -2.21. The molecule has 0 heterocycles. The molecule has 0 N–H and O–H groups in total. The van der Waals surface area contributed by atoms with E-state index >= 15 is 0 Å². The van der Waals surface area contributed by atoms with Crippen molar-refractivity contribution in [2.24, 2.45) is 0 Å². The lowest BCUT2D eigenvalue weighted by Crippen LogP contribution is -2.12. The maximum atomic E-state index is 11.9. The average Bonchev–Trinajstić information content (AvgIpc) is 2.66. The van der Waals surface area contributed by atoms with Gasteiger partial charge in [0.05, 0.1) is 5.30 Å². The van der Waals surface area contributed by atoms with Crippen LogP contribution in [-0.4, -0.2) is 14.1 Å². The molecule has 122 valence electrons. The first-order valence-corrected chi connectivity index (χ1v) is 9.06. The fraction of sp³-hybridized carbons (Fsp3) is 0.0909. The van der Waals surface area contributed by atoms with E-state index in [0.29, 0.717) is 0 Å². The molecule has 0 bridgehead atoms. The van der Waals surface area contributed by atoms with Crippen LogP contribution in [-0.2, 0) is 4.57 Å². The van der Waals surface area contributed by atoms with Crippen LogP contribution >= 0.6 is 8.46 Å². The second-order valence-corrected chi connectivity index (χ2v) is 7.01. The molecule has 4 aromatic rings. The minimum Gasteiger partial charge on any atom is -0.377 e. The molecule has 0 amide bonds. The summed E-state index contributed by atoms with van der Waals surface area (Å²) in [5.41, 5.74) is 3.31. The van der Waals surface area contributed by atoms with Gasteiger partial charge in [-0.3, -0.25) is 4.57 Å². The maximum absolute atomic E-state index is 11.9. The Morgan fingerprint density at radius 3 is 1.84 bits per heavy atom. The highest BCUT2D eigenvalue weighted by molar-refractivity contribution is 7.34. The SMILES string of the molecule is CN(C)c1ccc2ccccc2c1-c1c(P=O)ccc2ccccc12. The Morgan fingerprint density at radius 1 is 0.680 bits per heavy atom. The molecule has 3 heteroatoms. The van der Waals surface area contributed by atoms with Crippen LogP contribution in [0.25, 0.3) is 32.7 Å². The molecule has 4 aromatic carbocycles. The van der Waals surface area contributed by atoms with E-state index in [0.717, 1.165) is 32.9 Å². The zero-order valence-electron chi connectivity index (χ0n) is 14.2. The van der Waals surface area contributed by atoms with Crippen molar-refractivity contribution in [3.8, 4) is 11.1 Å². The van der Waals surface area contributed by atoms with E-state index in [9.17, 15) is 4.57 Å². The molecule has 25 heavy (non-hydrogen) atoms. The normalized spacial score (nSPS) is 11.3. The van der Waals surface area contributed by atoms with Gasteiger partial charge in [-0.2, -0.15) is 0 Å². The van der Waals surface area contributed by atoms with Crippen molar-refractivity contribution in [1.29, 1.82) is 0 Å². The molecule has 0 fully saturated rings. The van der Waals surface area contributed by atoms with Gasteiger partial charge in [-0.05, 0) is 33.7 Å². The fourth-order valence-electron chi connectivity index (χ4n) is 3.49. The van der Waals surface area contributed by atoms with Gasteiger partial charge in [0, 0.05) is 30.9 Å². The molecule has 0 aliphatic carbocycles. The van der Waals surface area contributed by atoms with Crippen molar-refractivity contribution >= 4 is 41.0 Å². The highest BCUT2D eigenvalue weighted by Gasteiger charge is 2.17. The number of anilines is 1. The van der Waals surface area contributed by atoms with Crippen molar-refractivity contribution < 1.29 is 4.57 Å². The summed E-state index contributed by atoms with van der Waals surface area (Å²) in [7, 11) is 4.14. The van der Waals surface area contributed by atoms with E-state index in [4.69, 9.17) is 0 Å². The third-order valence-corrected chi connectivity index (χ3v) is 5.21. The first-order valence-electron chi connectivity index (χ1n) is 8.25. The second kappa shape index (κ2) is 6.31. The van der Waals surface area contributed by atoms with E-state index < -0.39 is 0 Å². The zero-order valence-corrected chi connectivity index (χ0v) is 15.1. The van der Waals surface area contributed by atoms with Crippen LogP contribution in [0.1, 0.15) is 0 Å². The van der Waals surface area contributed by atoms with Crippen molar-refractivity contribution in [2.45, 2.75) is 0 Å². The van der Waals surface area contributed by atoms with Crippen LogP contribution in [0, 0.1) is 0 Å². The Kier molecular flexibility index (Phi) is 3.99.